The minimum Gasteiger partial charge on any atom is -0.507 e. The lowest BCUT2D eigenvalue weighted by atomic mass is 9.84. The van der Waals surface area contributed by atoms with Gasteiger partial charge in [0.05, 0.1) is 12.2 Å². The van der Waals surface area contributed by atoms with E-state index in [0.29, 0.717) is 53.9 Å². The van der Waals surface area contributed by atoms with Crippen molar-refractivity contribution in [1.29, 1.82) is 0 Å². The van der Waals surface area contributed by atoms with Crippen molar-refractivity contribution in [2.45, 2.75) is 107 Å². The molecule has 0 aliphatic carbocycles. The summed E-state index contributed by atoms with van der Waals surface area (Å²) < 4.78 is 5.17. The molecule has 0 spiro atoms. The molecule has 3 N–H and O–H groups in total. The second-order valence-corrected chi connectivity index (χ2v) is 20.5. The van der Waals surface area contributed by atoms with Gasteiger partial charge < -0.3 is 20.1 Å². The van der Waals surface area contributed by atoms with E-state index >= 15 is 0 Å². The molecule has 77 heavy (non-hydrogen) atoms. The highest BCUT2D eigenvalue weighted by Crippen LogP contribution is 2.37. The number of fused-ring (bicyclic) bond motifs is 2. The SMILES string of the molecule is CCCOC(=O)CCc1cc(-n2nc3ccccc3n2)c(O)c(C(C)(C)C)c1.CCCc1ccc(O)c(-n2nc3ccccc3n2)c1.Cc1ccc(-c2nc(-c3ccc(C)cc3C)nc(-c3ccc(C)cc3O)n2)c(C)c1. The van der Waals surface area contributed by atoms with Gasteiger partial charge in [0, 0.05) is 23.1 Å². The number of aromatic hydroxyl groups is 3. The maximum absolute atomic E-state index is 11.9. The minimum absolute atomic E-state index is 0.158. The zero-order valence-corrected chi connectivity index (χ0v) is 45.6. The monoisotopic (exact) mass is 1030 g/mol. The standard InChI is InChI=1S/C26H25N3O.C22H27N3O3.C15H15N3O/c1-15-6-9-20(18(4)12-15)24-27-25(21-10-7-16(2)13-19(21)5)29-26(28-24)22-11-8-17(3)14-23(22)30;1-5-12-28-20(26)11-10-15-13-16(22(2,3)4)21(27)19(14-15)25-23-17-8-6-7-9-18(17)24-25;1-2-5-11-8-9-15(19)14(10-11)18-16-12-6-3-4-7-13(12)17-18/h6-14,30H,1-5H3;6-9,13-14,27H,5,10-12H2,1-4H3;3-4,6-10,19H,2,5H2,1H3. The molecule has 10 aromatic rings. The average Bonchev–Trinajstić information content (AvgIpc) is 4.04. The second-order valence-electron chi connectivity index (χ2n) is 20.5. The summed E-state index contributed by atoms with van der Waals surface area (Å²) in [4.78, 5) is 29.2. The van der Waals surface area contributed by atoms with E-state index in [1.165, 1.54) is 26.3 Å². The number of hydrogen-bond donors (Lipinski definition) is 3. The molecular weight excluding hydrogens is 963 g/mol. The smallest absolute Gasteiger partial charge is 0.306 e. The zero-order chi connectivity index (χ0) is 55.0. The highest BCUT2D eigenvalue weighted by atomic mass is 16.5. The van der Waals surface area contributed by atoms with Crippen LogP contribution in [0, 0.1) is 34.6 Å². The molecule has 0 fully saturated rings. The zero-order valence-electron chi connectivity index (χ0n) is 45.6. The number of nitrogens with zero attached hydrogens (tertiary/aromatic N) is 9. The van der Waals surface area contributed by atoms with Crippen molar-refractivity contribution in [3.8, 4) is 62.8 Å². The van der Waals surface area contributed by atoms with Gasteiger partial charge in [0.1, 0.15) is 50.7 Å². The fourth-order valence-electron chi connectivity index (χ4n) is 8.89. The number of carbonyl (C=O) groups excluding carboxylic acids is 1. The van der Waals surface area contributed by atoms with Gasteiger partial charge in [0.2, 0.25) is 0 Å². The lowest BCUT2D eigenvalue weighted by molar-refractivity contribution is -0.143. The summed E-state index contributed by atoms with van der Waals surface area (Å²) in [6.07, 6.45) is 3.68. The Kier molecular flexibility index (Phi) is 16.9. The van der Waals surface area contributed by atoms with Crippen LogP contribution in [-0.4, -0.2) is 72.8 Å². The lowest BCUT2D eigenvalue weighted by Gasteiger charge is -2.23. The number of carbonyl (C=O) groups is 1. The van der Waals surface area contributed by atoms with Crippen LogP contribution >= 0.6 is 0 Å². The third-order valence-electron chi connectivity index (χ3n) is 12.9. The van der Waals surface area contributed by atoms with Crippen LogP contribution in [0.25, 0.3) is 67.6 Å². The summed E-state index contributed by atoms with van der Waals surface area (Å²) in [7, 11) is 0. The van der Waals surface area contributed by atoms with Gasteiger partial charge in [-0.2, -0.15) is 0 Å². The van der Waals surface area contributed by atoms with Crippen molar-refractivity contribution in [2.75, 3.05) is 6.61 Å². The Balaban J connectivity index is 0.000000156. The van der Waals surface area contributed by atoms with Gasteiger partial charge in [-0.15, -0.1) is 30.0 Å². The number of rotatable bonds is 12. The molecule has 0 saturated carbocycles. The van der Waals surface area contributed by atoms with Crippen LogP contribution in [0.1, 0.15) is 98.4 Å². The van der Waals surface area contributed by atoms with Crippen molar-refractivity contribution in [1.82, 2.24) is 44.9 Å². The molecule has 3 heterocycles. The molecule has 0 aliphatic heterocycles. The highest BCUT2D eigenvalue weighted by molar-refractivity contribution is 5.76. The third kappa shape index (κ3) is 13.2. The molecule has 0 amide bonds. The topological polar surface area (TPSA) is 187 Å². The molecule has 14 heteroatoms. The highest BCUT2D eigenvalue weighted by Gasteiger charge is 2.24. The van der Waals surface area contributed by atoms with E-state index in [1.807, 2.05) is 132 Å². The van der Waals surface area contributed by atoms with Crippen LogP contribution in [0.2, 0.25) is 0 Å². The Morgan fingerprint density at radius 1 is 0.506 bits per heavy atom. The van der Waals surface area contributed by atoms with Crippen LogP contribution in [0.4, 0.5) is 0 Å². The number of phenolic OH excluding ortho intramolecular Hbond substituents is 3. The average molecular weight is 1030 g/mol. The molecule has 0 saturated heterocycles. The molecule has 7 aromatic carbocycles. The minimum atomic E-state index is -0.274. The van der Waals surface area contributed by atoms with Crippen LogP contribution in [0.15, 0.2) is 133 Å². The number of ether oxygens (including phenoxy) is 1. The number of benzene rings is 7. The Labute approximate surface area is 450 Å². The Morgan fingerprint density at radius 2 is 0.974 bits per heavy atom. The third-order valence-corrected chi connectivity index (χ3v) is 12.9. The van der Waals surface area contributed by atoms with Gasteiger partial charge >= 0.3 is 5.97 Å². The quantitative estimate of drug-likeness (QED) is 0.0984. The van der Waals surface area contributed by atoms with Crippen LogP contribution in [0.3, 0.4) is 0 Å². The summed E-state index contributed by atoms with van der Waals surface area (Å²) in [6, 6.07) is 42.6. The molecule has 3 aromatic heterocycles. The van der Waals surface area contributed by atoms with Crippen molar-refractivity contribution in [3.05, 3.63) is 178 Å². The van der Waals surface area contributed by atoms with Gasteiger partial charge in [-0.25, -0.2) is 15.0 Å². The fraction of sp³-hybridized carbons (Fsp3) is 0.270. The van der Waals surface area contributed by atoms with Crippen molar-refractivity contribution in [3.63, 3.8) is 0 Å². The Hall–Kier alpha value is -8.78. The molecule has 14 nitrogen and oxygen atoms in total. The maximum Gasteiger partial charge on any atom is 0.306 e. The fourth-order valence-corrected chi connectivity index (χ4v) is 8.89. The summed E-state index contributed by atoms with van der Waals surface area (Å²) in [6.45, 7) is 20.9. The molecule has 394 valence electrons. The maximum atomic E-state index is 11.9. The van der Waals surface area contributed by atoms with E-state index < -0.39 is 0 Å². The van der Waals surface area contributed by atoms with Gasteiger partial charge in [-0.1, -0.05) is 131 Å². The van der Waals surface area contributed by atoms with E-state index in [-0.39, 0.29) is 28.6 Å². The van der Waals surface area contributed by atoms with E-state index in [0.717, 1.165) is 80.3 Å². The van der Waals surface area contributed by atoms with Crippen LogP contribution in [0.5, 0.6) is 17.2 Å². The molecule has 0 atom stereocenters. The number of aromatic nitrogens is 9. The van der Waals surface area contributed by atoms with Crippen LogP contribution in [-0.2, 0) is 27.8 Å². The summed E-state index contributed by atoms with van der Waals surface area (Å²) in [5, 5.41) is 49.2. The Bertz CT molecular complexity index is 3490. The predicted molar refractivity (Wildman–Crippen MR) is 305 cm³/mol. The van der Waals surface area contributed by atoms with Gasteiger partial charge in [0.15, 0.2) is 17.5 Å². The van der Waals surface area contributed by atoms with Gasteiger partial charge in [0.25, 0.3) is 0 Å². The molecule has 0 bridgehead atoms. The molecular formula is C63H67N9O5. The summed E-state index contributed by atoms with van der Waals surface area (Å²) in [5.41, 5.74) is 15.0. The van der Waals surface area contributed by atoms with E-state index in [2.05, 4.69) is 79.3 Å². The van der Waals surface area contributed by atoms with Crippen molar-refractivity contribution < 1.29 is 24.9 Å². The number of hydrogen-bond acceptors (Lipinski definition) is 12. The van der Waals surface area contributed by atoms with Crippen molar-refractivity contribution >= 4 is 28.0 Å². The first-order valence-electron chi connectivity index (χ1n) is 26.1. The first-order valence-corrected chi connectivity index (χ1v) is 26.1. The second kappa shape index (κ2) is 23.8. The summed E-state index contributed by atoms with van der Waals surface area (Å²) in [5.74, 6) is 1.98. The van der Waals surface area contributed by atoms with E-state index in [1.54, 1.807) is 12.1 Å². The largest absolute Gasteiger partial charge is 0.507 e. The van der Waals surface area contributed by atoms with Crippen molar-refractivity contribution in [2.24, 2.45) is 0 Å². The first kappa shape index (κ1) is 54.5. The normalized spacial score (nSPS) is 11.2. The van der Waals surface area contributed by atoms with E-state index in [4.69, 9.17) is 19.7 Å². The van der Waals surface area contributed by atoms with Crippen LogP contribution < -0.4 is 0 Å². The molecule has 0 unspecified atom stereocenters. The first-order chi connectivity index (χ1) is 36.9. The predicted octanol–water partition coefficient (Wildman–Crippen LogP) is 13.5. The molecule has 0 aliphatic rings. The Morgan fingerprint density at radius 3 is 1.44 bits per heavy atom. The van der Waals surface area contributed by atoms with Gasteiger partial charge in [-0.05, 0) is 142 Å². The summed E-state index contributed by atoms with van der Waals surface area (Å²) >= 11 is 0. The molecule has 0 radical (unpaired) electrons. The molecule has 10 rings (SSSR count). The van der Waals surface area contributed by atoms with E-state index in [9.17, 15) is 20.1 Å². The lowest BCUT2D eigenvalue weighted by Crippen LogP contribution is -2.14. The number of aryl methyl sites for hydroxylation is 7. The number of esters is 1. The number of phenols is 3. The van der Waals surface area contributed by atoms with Gasteiger partial charge in [-0.3, -0.25) is 4.79 Å².